The average Bonchev–Trinajstić information content (AvgIpc) is 2.61. The van der Waals surface area contributed by atoms with Gasteiger partial charge in [-0.25, -0.2) is 0 Å². The normalized spacial score (nSPS) is 16.1. The molecule has 0 aromatic heterocycles. The van der Waals surface area contributed by atoms with Crippen LogP contribution in [0.5, 0.6) is 11.5 Å². The van der Waals surface area contributed by atoms with E-state index in [0.717, 1.165) is 36.7 Å². The predicted octanol–water partition coefficient (Wildman–Crippen LogP) is 4.25. The van der Waals surface area contributed by atoms with Crippen LogP contribution in [0.4, 0.5) is 5.69 Å². The van der Waals surface area contributed by atoms with Gasteiger partial charge in [0.15, 0.2) is 5.78 Å². The number of fused-ring (bicyclic) bond motifs is 1. The Morgan fingerprint density at radius 2 is 2.12 bits per heavy atom. The Labute approximate surface area is 149 Å². The van der Waals surface area contributed by atoms with Crippen molar-refractivity contribution in [1.29, 1.82) is 0 Å². The van der Waals surface area contributed by atoms with Crippen molar-refractivity contribution in [3.63, 3.8) is 0 Å². The molecule has 0 fully saturated rings. The molecule has 1 heterocycles. The zero-order valence-corrected chi connectivity index (χ0v) is 15.1. The van der Waals surface area contributed by atoms with Crippen molar-refractivity contribution in [3.8, 4) is 11.5 Å². The summed E-state index contributed by atoms with van der Waals surface area (Å²) in [5.74, 6) is 1.80. The number of ketones is 1. The minimum atomic E-state index is 0.0661. The van der Waals surface area contributed by atoms with Gasteiger partial charge in [-0.3, -0.25) is 4.79 Å². The van der Waals surface area contributed by atoms with E-state index in [1.54, 1.807) is 6.92 Å². The van der Waals surface area contributed by atoms with E-state index in [-0.39, 0.29) is 11.9 Å². The molecule has 0 amide bonds. The summed E-state index contributed by atoms with van der Waals surface area (Å²) in [5.41, 5.74) is 2.87. The van der Waals surface area contributed by atoms with Crippen molar-refractivity contribution >= 4 is 11.5 Å². The Morgan fingerprint density at radius 3 is 2.84 bits per heavy atom. The third-order valence-corrected chi connectivity index (χ3v) is 4.50. The van der Waals surface area contributed by atoms with Crippen molar-refractivity contribution in [2.45, 2.75) is 33.3 Å². The molecule has 4 nitrogen and oxygen atoms in total. The lowest BCUT2D eigenvalue weighted by atomic mass is 10.1. The van der Waals surface area contributed by atoms with Crippen molar-refractivity contribution in [1.82, 2.24) is 0 Å². The number of Topliss-reactive ketones (excluding diaryl/α,β-unsaturated/α-hetero) is 1. The molecule has 0 saturated carbocycles. The third-order valence-electron chi connectivity index (χ3n) is 4.50. The molecule has 2 aromatic carbocycles. The standard InChI is InChI=1S/C21H25NO3/c1-4-18-14-22(10-11-24-19-7-5-6-15(2)12-19)20-13-17(16(3)23)8-9-21(20)25-18/h5-9,12-13,18H,4,10-11,14H2,1-3H3. The summed E-state index contributed by atoms with van der Waals surface area (Å²) in [6.45, 7) is 7.92. The number of aryl methyl sites for hydroxylation is 1. The molecule has 0 saturated heterocycles. The van der Waals surface area contributed by atoms with Gasteiger partial charge in [0.05, 0.1) is 18.8 Å². The second-order valence-electron chi connectivity index (χ2n) is 6.50. The number of carbonyl (C=O) groups is 1. The van der Waals surface area contributed by atoms with Gasteiger partial charge in [0, 0.05) is 5.56 Å². The maximum absolute atomic E-state index is 11.7. The summed E-state index contributed by atoms with van der Waals surface area (Å²) in [6.07, 6.45) is 1.11. The van der Waals surface area contributed by atoms with Crippen LogP contribution in [0.15, 0.2) is 42.5 Å². The Bertz CT molecular complexity index is 757. The molecular formula is C21H25NO3. The van der Waals surface area contributed by atoms with Crippen LogP contribution in [0, 0.1) is 6.92 Å². The summed E-state index contributed by atoms with van der Waals surface area (Å²) < 4.78 is 11.9. The third kappa shape index (κ3) is 4.13. The van der Waals surface area contributed by atoms with Gasteiger partial charge in [-0.05, 0) is 56.2 Å². The summed E-state index contributed by atoms with van der Waals surface area (Å²) >= 11 is 0. The molecular weight excluding hydrogens is 314 g/mol. The molecule has 0 bridgehead atoms. The number of nitrogens with zero attached hydrogens (tertiary/aromatic N) is 1. The van der Waals surface area contributed by atoms with Crippen LogP contribution < -0.4 is 14.4 Å². The zero-order chi connectivity index (χ0) is 17.8. The van der Waals surface area contributed by atoms with Crippen molar-refractivity contribution in [2.24, 2.45) is 0 Å². The summed E-state index contributed by atoms with van der Waals surface area (Å²) in [4.78, 5) is 14.0. The van der Waals surface area contributed by atoms with Gasteiger partial charge in [-0.1, -0.05) is 19.1 Å². The lowest BCUT2D eigenvalue weighted by Crippen LogP contribution is -2.41. The molecule has 1 atom stereocenters. The Kier molecular flexibility index (Phi) is 5.27. The van der Waals surface area contributed by atoms with Gasteiger partial charge in [0.25, 0.3) is 0 Å². The fourth-order valence-corrected chi connectivity index (χ4v) is 3.05. The lowest BCUT2D eigenvalue weighted by molar-refractivity contribution is 0.101. The first-order valence-electron chi connectivity index (χ1n) is 8.83. The van der Waals surface area contributed by atoms with Crippen LogP contribution in [0.3, 0.4) is 0 Å². The molecule has 0 spiro atoms. The average molecular weight is 339 g/mol. The molecule has 0 aliphatic carbocycles. The topological polar surface area (TPSA) is 38.8 Å². The Morgan fingerprint density at radius 1 is 1.28 bits per heavy atom. The molecule has 2 aromatic rings. The van der Waals surface area contributed by atoms with E-state index in [1.807, 2.05) is 36.4 Å². The zero-order valence-electron chi connectivity index (χ0n) is 15.1. The number of carbonyl (C=O) groups excluding carboxylic acids is 1. The van der Waals surface area contributed by atoms with Crippen molar-refractivity contribution < 1.29 is 14.3 Å². The van der Waals surface area contributed by atoms with E-state index in [9.17, 15) is 4.79 Å². The minimum Gasteiger partial charge on any atom is -0.492 e. The molecule has 1 aliphatic rings. The molecule has 0 radical (unpaired) electrons. The maximum atomic E-state index is 11.7. The number of ether oxygens (including phenoxy) is 2. The van der Waals surface area contributed by atoms with Crippen LogP contribution in [-0.2, 0) is 0 Å². The van der Waals surface area contributed by atoms with Gasteiger partial charge < -0.3 is 14.4 Å². The highest BCUT2D eigenvalue weighted by Crippen LogP contribution is 2.35. The molecule has 4 heteroatoms. The number of rotatable bonds is 6. The largest absolute Gasteiger partial charge is 0.492 e. The second-order valence-corrected chi connectivity index (χ2v) is 6.50. The Balaban J connectivity index is 1.73. The minimum absolute atomic E-state index is 0.0661. The molecule has 1 unspecified atom stereocenters. The highest BCUT2D eigenvalue weighted by atomic mass is 16.5. The molecule has 0 N–H and O–H groups in total. The van der Waals surface area contributed by atoms with Crippen LogP contribution in [-0.4, -0.2) is 31.6 Å². The smallest absolute Gasteiger partial charge is 0.159 e. The number of hydrogen-bond acceptors (Lipinski definition) is 4. The van der Waals surface area contributed by atoms with E-state index >= 15 is 0 Å². The van der Waals surface area contributed by atoms with Crippen LogP contribution in [0.2, 0.25) is 0 Å². The van der Waals surface area contributed by atoms with Gasteiger partial charge in [0.1, 0.15) is 24.2 Å². The van der Waals surface area contributed by atoms with E-state index in [0.29, 0.717) is 12.2 Å². The first-order valence-corrected chi connectivity index (χ1v) is 8.83. The molecule has 1 aliphatic heterocycles. The van der Waals surface area contributed by atoms with E-state index < -0.39 is 0 Å². The van der Waals surface area contributed by atoms with Crippen LogP contribution >= 0.6 is 0 Å². The van der Waals surface area contributed by atoms with Crippen LogP contribution in [0.25, 0.3) is 0 Å². The molecule has 3 rings (SSSR count). The fourth-order valence-electron chi connectivity index (χ4n) is 3.05. The highest BCUT2D eigenvalue weighted by Gasteiger charge is 2.25. The van der Waals surface area contributed by atoms with E-state index in [2.05, 4.69) is 24.8 Å². The SMILES string of the molecule is CCC1CN(CCOc2cccc(C)c2)c2cc(C(C)=O)ccc2O1. The summed E-state index contributed by atoms with van der Waals surface area (Å²) in [5, 5.41) is 0. The molecule has 25 heavy (non-hydrogen) atoms. The Hall–Kier alpha value is -2.49. The number of hydrogen-bond donors (Lipinski definition) is 0. The van der Waals surface area contributed by atoms with Crippen molar-refractivity contribution in [2.75, 3.05) is 24.6 Å². The summed E-state index contributed by atoms with van der Waals surface area (Å²) in [6, 6.07) is 13.7. The van der Waals surface area contributed by atoms with Gasteiger partial charge in [0.2, 0.25) is 0 Å². The maximum Gasteiger partial charge on any atom is 0.159 e. The van der Waals surface area contributed by atoms with Gasteiger partial charge in [-0.2, -0.15) is 0 Å². The second kappa shape index (κ2) is 7.60. The monoisotopic (exact) mass is 339 g/mol. The lowest BCUT2D eigenvalue weighted by Gasteiger charge is -2.36. The quantitative estimate of drug-likeness (QED) is 0.737. The van der Waals surface area contributed by atoms with E-state index in [1.165, 1.54) is 5.56 Å². The summed E-state index contributed by atoms with van der Waals surface area (Å²) in [7, 11) is 0. The first kappa shape index (κ1) is 17.3. The van der Waals surface area contributed by atoms with E-state index in [4.69, 9.17) is 9.47 Å². The van der Waals surface area contributed by atoms with Crippen LogP contribution in [0.1, 0.15) is 36.2 Å². The number of benzene rings is 2. The molecule has 132 valence electrons. The van der Waals surface area contributed by atoms with Gasteiger partial charge >= 0.3 is 0 Å². The highest BCUT2D eigenvalue weighted by molar-refractivity contribution is 5.95. The van der Waals surface area contributed by atoms with Crippen molar-refractivity contribution in [3.05, 3.63) is 53.6 Å². The predicted molar refractivity (Wildman–Crippen MR) is 100 cm³/mol. The fraction of sp³-hybridized carbons (Fsp3) is 0.381. The number of anilines is 1. The first-order chi connectivity index (χ1) is 12.1. The van der Waals surface area contributed by atoms with Gasteiger partial charge in [-0.15, -0.1) is 0 Å².